The number of aryl methyl sites for hydroxylation is 2. The van der Waals surface area contributed by atoms with Crippen molar-refractivity contribution < 1.29 is 9.90 Å². The first-order valence-corrected chi connectivity index (χ1v) is 7.21. The Hall–Kier alpha value is -2.41. The molecule has 1 atom stereocenters. The van der Waals surface area contributed by atoms with Gasteiger partial charge in [-0.1, -0.05) is 31.2 Å². The van der Waals surface area contributed by atoms with Crippen LogP contribution in [0.25, 0.3) is 0 Å². The van der Waals surface area contributed by atoms with Crippen LogP contribution in [0.1, 0.15) is 29.9 Å². The molecular weight excluding hydrogens is 282 g/mol. The van der Waals surface area contributed by atoms with Gasteiger partial charge in [0.05, 0.1) is 19.2 Å². The maximum atomic E-state index is 11.9. The Labute approximate surface area is 129 Å². The third-order valence-electron chi connectivity index (χ3n) is 3.49. The Kier molecular flexibility index (Phi) is 5.48. The van der Waals surface area contributed by atoms with Crippen LogP contribution in [0.5, 0.6) is 0 Å². The number of aliphatic hydroxyl groups excluding tert-OH is 1. The smallest absolute Gasteiger partial charge is 0.315 e. The minimum atomic E-state index is -0.439. The molecule has 0 saturated heterocycles. The SMILES string of the molecule is CCc1ccc(C(CO)NC(=O)NCc2ncnn2C)cc1. The highest BCUT2D eigenvalue weighted by Crippen LogP contribution is 2.13. The van der Waals surface area contributed by atoms with E-state index in [0.29, 0.717) is 5.82 Å². The highest BCUT2D eigenvalue weighted by atomic mass is 16.3. The van der Waals surface area contributed by atoms with Gasteiger partial charge < -0.3 is 15.7 Å². The van der Waals surface area contributed by atoms with Crippen molar-refractivity contribution in [2.45, 2.75) is 25.9 Å². The number of aromatic nitrogens is 3. The number of amides is 2. The molecular formula is C15H21N5O2. The average molecular weight is 303 g/mol. The van der Waals surface area contributed by atoms with E-state index < -0.39 is 6.04 Å². The highest BCUT2D eigenvalue weighted by Gasteiger charge is 2.13. The lowest BCUT2D eigenvalue weighted by molar-refractivity contribution is 0.216. The van der Waals surface area contributed by atoms with Gasteiger partial charge in [0.15, 0.2) is 0 Å². The van der Waals surface area contributed by atoms with E-state index in [-0.39, 0.29) is 19.2 Å². The van der Waals surface area contributed by atoms with Crippen LogP contribution in [-0.2, 0) is 20.0 Å². The van der Waals surface area contributed by atoms with Gasteiger partial charge in [-0.05, 0) is 17.5 Å². The molecule has 0 aliphatic rings. The van der Waals surface area contributed by atoms with E-state index in [1.54, 1.807) is 11.7 Å². The van der Waals surface area contributed by atoms with Gasteiger partial charge in [-0.15, -0.1) is 0 Å². The molecule has 2 amide bonds. The highest BCUT2D eigenvalue weighted by molar-refractivity contribution is 5.74. The molecule has 22 heavy (non-hydrogen) atoms. The van der Waals surface area contributed by atoms with Crippen LogP contribution >= 0.6 is 0 Å². The fourth-order valence-electron chi connectivity index (χ4n) is 2.07. The summed E-state index contributed by atoms with van der Waals surface area (Å²) in [6, 6.07) is 7.03. The zero-order chi connectivity index (χ0) is 15.9. The quantitative estimate of drug-likeness (QED) is 0.739. The minimum absolute atomic E-state index is 0.164. The second-order valence-electron chi connectivity index (χ2n) is 4.96. The van der Waals surface area contributed by atoms with Crippen molar-refractivity contribution >= 4 is 6.03 Å². The van der Waals surface area contributed by atoms with Gasteiger partial charge >= 0.3 is 6.03 Å². The van der Waals surface area contributed by atoms with E-state index >= 15 is 0 Å². The Balaban J connectivity index is 1.91. The topological polar surface area (TPSA) is 92.1 Å². The first kappa shape index (κ1) is 16.0. The van der Waals surface area contributed by atoms with Crippen molar-refractivity contribution in [3.63, 3.8) is 0 Å². The molecule has 2 rings (SSSR count). The van der Waals surface area contributed by atoms with Crippen molar-refractivity contribution in [2.75, 3.05) is 6.61 Å². The van der Waals surface area contributed by atoms with Crippen molar-refractivity contribution in [1.82, 2.24) is 25.4 Å². The lowest BCUT2D eigenvalue weighted by Gasteiger charge is -2.17. The second kappa shape index (κ2) is 7.56. The van der Waals surface area contributed by atoms with Crippen LogP contribution in [0.15, 0.2) is 30.6 Å². The molecule has 3 N–H and O–H groups in total. The van der Waals surface area contributed by atoms with Crippen LogP contribution in [0.4, 0.5) is 4.79 Å². The number of carbonyl (C=O) groups is 1. The first-order chi connectivity index (χ1) is 10.6. The summed E-state index contributed by atoms with van der Waals surface area (Å²) in [5.74, 6) is 0.656. The molecule has 1 aromatic carbocycles. The fraction of sp³-hybridized carbons (Fsp3) is 0.400. The van der Waals surface area contributed by atoms with Crippen LogP contribution < -0.4 is 10.6 Å². The number of nitrogens with zero attached hydrogens (tertiary/aromatic N) is 3. The number of benzene rings is 1. The van der Waals surface area contributed by atoms with Crippen LogP contribution in [0.2, 0.25) is 0 Å². The molecule has 7 heteroatoms. The molecule has 0 bridgehead atoms. The molecule has 1 aromatic heterocycles. The summed E-state index contributed by atoms with van der Waals surface area (Å²) < 4.78 is 1.59. The van der Waals surface area contributed by atoms with E-state index in [0.717, 1.165) is 12.0 Å². The maximum absolute atomic E-state index is 11.9. The molecule has 0 spiro atoms. The van der Waals surface area contributed by atoms with Gasteiger partial charge in [-0.2, -0.15) is 5.10 Å². The molecule has 0 radical (unpaired) electrons. The molecule has 1 unspecified atom stereocenters. The normalized spacial score (nSPS) is 12.0. The molecule has 0 saturated carbocycles. The Morgan fingerprint density at radius 2 is 2.09 bits per heavy atom. The number of hydrogen-bond donors (Lipinski definition) is 3. The van der Waals surface area contributed by atoms with Gasteiger partial charge in [0, 0.05) is 7.05 Å². The Morgan fingerprint density at radius 3 is 2.64 bits per heavy atom. The number of nitrogens with one attached hydrogen (secondary N) is 2. The summed E-state index contributed by atoms with van der Waals surface area (Å²) in [5, 5.41) is 18.9. The Morgan fingerprint density at radius 1 is 1.36 bits per heavy atom. The number of aliphatic hydroxyl groups is 1. The summed E-state index contributed by atoms with van der Waals surface area (Å²) in [5.41, 5.74) is 2.08. The standard InChI is InChI=1S/C15H21N5O2/c1-3-11-4-6-12(7-5-11)13(9-21)19-15(22)16-8-14-17-10-18-20(14)2/h4-7,10,13,21H,3,8-9H2,1-2H3,(H2,16,19,22). The first-order valence-electron chi connectivity index (χ1n) is 7.21. The molecule has 0 fully saturated rings. The minimum Gasteiger partial charge on any atom is -0.394 e. The van der Waals surface area contributed by atoms with E-state index in [9.17, 15) is 9.90 Å². The van der Waals surface area contributed by atoms with Crippen LogP contribution in [0, 0.1) is 0 Å². The van der Waals surface area contributed by atoms with Gasteiger partial charge in [-0.25, -0.2) is 9.78 Å². The van der Waals surface area contributed by atoms with Gasteiger partial charge in [-0.3, -0.25) is 4.68 Å². The van der Waals surface area contributed by atoms with E-state index in [1.807, 2.05) is 24.3 Å². The summed E-state index contributed by atoms with van der Waals surface area (Å²) in [7, 11) is 1.76. The number of urea groups is 1. The molecule has 1 heterocycles. The molecule has 118 valence electrons. The predicted octanol–water partition coefficient (Wildman–Crippen LogP) is 0.910. The van der Waals surface area contributed by atoms with Crippen LogP contribution in [0.3, 0.4) is 0 Å². The number of carbonyl (C=O) groups excluding carboxylic acids is 1. The van der Waals surface area contributed by atoms with Crippen molar-refractivity contribution in [3.8, 4) is 0 Å². The maximum Gasteiger partial charge on any atom is 0.315 e. The van der Waals surface area contributed by atoms with E-state index in [1.165, 1.54) is 11.9 Å². The Bertz CT molecular complexity index is 609. The molecule has 2 aromatic rings. The summed E-state index contributed by atoms with van der Waals surface area (Å²) in [6.45, 7) is 2.19. The number of rotatable bonds is 6. The van der Waals surface area contributed by atoms with Gasteiger partial charge in [0.1, 0.15) is 12.2 Å². The summed E-state index contributed by atoms with van der Waals surface area (Å²) in [6.07, 6.45) is 2.39. The van der Waals surface area contributed by atoms with Crippen molar-refractivity contribution in [2.24, 2.45) is 7.05 Å². The monoisotopic (exact) mass is 303 g/mol. The fourth-order valence-corrected chi connectivity index (χ4v) is 2.07. The third kappa shape index (κ3) is 4.05. The van der Waals surface area contributed by atoms with Crippen molar-refractivity contribution in [3.05, 3.63) is 47.5 Å². The van der Waals surface area contributed by atoms with Crippen molar-refractivity contribution in [1.29, 1.82) is 0 Å². The summed E-state index contributed by atoms with van der Waals surface area (Å²) in [4.78, 5) is 15.9. The summed E-state index contributed by atoms with van der Waals surface area (Å²) >= 11 is 0. The predicted molar refractivity (Wildman–Crippen MR) is 82.0 cm³/mol. The van der Waals surface area contributed by atoms with Gasteiger partial charge in [0.25, 0.3) is 0 Å². The third-order valence-corrected chi connectivity index (χ3v) is 3.49. The second-order valence-corrected chi connectivity index (χ2v) is 4.96. The molecule has 0 aliphatic carbocycles. The molecule has 7 nitrogen and oxygen atoms in total. The van der Waals surface area contributed by atoms with Crippen LogP contribution in [-0.4, -0.2) is 32.5 Å². The lowest BCUT2D eigenvalue weighted by atomic mass is 10.0. The molecule has 0 aliphatic heterocycles. The lowest BCUT2D eigenvalue weighted by Crippen LogP contribution is -2.39. The average Bonchev–Trinajstić information content (AvgIpc) is 2.96. The van der Waals surface area contributed by atoms with E-state index in [4.69, 9.17) is 0 Å². The van der Waals surface area contributed by atoms with Gasteiger partial charge in [0.2, 0.25) is 0 Å². The largest absolute Gasteiger partial charge is 0.394 e. The zero-order valence-electron chi connectivity index (χ0n) is 12.8. The zero-order valence-corrected chi connectivity index (χ0v) is 12.8. The number of hydrogen-bond acceptors (Lipinski definition) is 4. The van der Waals surface area contributed by atoms with E-state index in [2.05, 4.69) is 27.6 Å².